The van der Waals surface area contributed by atoms with E-state index in [9.17, 15) is 9.90 Å². The topological polar surface area (TPSA) is 46.5 Å². The molecule has 0 radical (unpaired) electrons. The Kier molecular flexibility index (Phi) is 2.87. The van der Waals surface area contributed by atoms with Crippen molar-refractivity contribution in [2.75, 3.05) is 0 Å². The number of fused-ring (bicyclic) bond motifs is 1. The molecule has 4 fully saturated rings. The minimum atomic E-state index is -0.710. The molecule has 4 aliphatic rings. The average Bonchev–Trinajstić information content (AvgIpc) is 2.33. The van der Waals surface area contributed by atoms with Gasteiger partial charge in [-0.2, -0.15) is 0 Å². The molecule has 114 valence electrons. The first kappa shape index (κ1) is 14.4. The van der Waals surface area contributed by atoms with Gasteiger partial charge in [-0.25, -0.2) is 0 Å². The molecule has 3 nitrogen and oxygen atoms in total. The molecule has 4 saturated carbocycles. The Morgan fingerprint density at radius 1 is 1.25 bits per heavy atom. The first-order chi connectivity index (χ1) is 9.14. The smallest absolute Gasteiger partial charge is 0.302 e. The van der Waals surface area contributed by atoms with Crippen molar-refractivity contribution in [2.45, 2.75) is 72.0 Å². The second kappa shape index (κ2) is 4.00. The quantitative estimate of drug-likeness (QED) is 0.751. The van der Waals surface area contributed by atoms with E-state index in [2.05, 4.69) is 27.7 Å². The second-order valence-electron chi connectivity index (χ2n) is 8.25. The molecule has 4 aliphatic carbocycles. The van der Waals surface area contributed by atoms with E-state index < -0.39 is 5.60 Å². The number of hydrogen-bond donors (Lipinski definition) is 1. The van der Waals surface area contributed by atoms with Gasteiger partial charge in [0.2, 0.25) is 0 Å². The van der Waals surface area contributed by atoms with Gasteiger partial charge in [0.1, 0.15) is 6.10 Å². The molecular formula is C17H28O3. The number of carbonyl (C=O) groups is 1. The Morgan fingerprint density at radius 3 is 2.50 bits per heavy atom. The van der Waals surface area contributed by atoms with Gasteiger partial charge >= 0.3 is 5.97 Å². The van der Waals surface area contributed by atoms with Crippen molar-refractivity contribution >= 4 is 5.97 Å². The lowest BCUT2D eigenvalue weighted by Crippen LogP contribution is -2.76. The normalized spacial score (nSPS) is 52.7. The van der Waals surface area contributed by atoms with Crippen LogP contribution in [-0.4, -0.2) is 22.8 Å². The highest BCUT2D eigenvalue weighted by Crippen LogP contribution is 2.71. The molecule has 20 heavy (non-hydrogen) atoms. The van der Waals surface area contributed by atoms with Gasteiger partial charge in [-0.05, 0) is 48.9 Å². The first-order valence-electron chi connectivity index (χ1n) is 8.04. The van der Waals surface area contributed by atoms with Crippen LogP contribution >= 0.6 is 0 Å². The van der Waals surface area contributed by atoms with E-state index in [1.54, 1.807) is 0 Å². The van der Waals surface area contributed by atoms with Crippen LogP contribution in [0, 0.1) is 28.6 Å². The maximum Gasteiger partial charge on any atom is 0.302 e. The number of carbonyl (C=O) groups excluding carboxylic acids is 1. The molecule has 3 heteroatoms. The van der Waals surface area contributed by atoms with E-state index in [4.69, 9.17) is 4.74 Å². The summed E-state index contributed by atoms with van der Waals surface area (Å²) >= 11 is 0. The molecule has 0 aliphatic heterocycles. The molecule has 0 aromatic carbocycles. The van der Waals surface area contributed by atoms with Crippen LogP contribution in [0.5, 0.6) is 0 Å². The molecule has 0 spiro atoms. The summed E-state index contributed by atoms with van der Waals surface area (Å²) in [6, 6.07) is 0. The van der Waals surface area contributed by atoms with E-state index >= 15 is 0 Å². The number of hydrogen-bond acceptors (Lipinski definition) is 3. The summed E-state index contributed by atoms with van der Waals surface area (Å²) < 4.78 is 5.67. The molecule has 0 aromatic rings. The maximum atomic E-state index is 11.6. The van der Waals surface area contributed by atoms with Crippen LogP contribution in [0.25, 0.3) is 0 Å². The van der Waals surface area contributed by atoms with E-state index in [0.717, 1.165) is 19.3 Å². The molecule has 0 unspecified atom stereocenters. The zero-order valence-corrected chi connectivity index (χ0v) is 13.4. The fourth-order valence-corrected chi connectivity index (χ4v) is 6.01. The van der Waals surface area contributed by atoms with Crippen LogP contribution < -0.4 is 0 Å². The van der Waals surface area contributed by atoms with Crippen molar-refractivity contribution < 1.29 is 14.6 Å². The largest absolute Gasteiger partial charge is 0.462 e. The second-order valence-corrected chi connectivity index (χ2v) is 8.25. The average molecular weight is 280 g/mol. The lowest BCUT2D eigenvalue weighted by molar-refractivity contribution is -0.326. The van der Waals surface area contributed by atoms with Crippen molar-refractivity contribution in [3.63, 3.8) is 0 Å². The van der Waals surface area contributed by atoms with E-state index in [1.807, 2.05) is 0 Å². The van der Waals surface area contributed by atoms with Gasteiger partial charge in [0.25, 0.3) is 0 Å². The van der Waals surface area contributed by atoms with Crippen LogP contribution in [0.15, 0.2) is 0 Å². The van der Waals surface area contributed by atoms with E-state index in [0.29, 0.717) is 17.8 Å². The van der Waals surface area contributed by atoms with Gasteiger partial charge < -0.3 is 9.84 Å². The molecule has 4 rings (SSSR count). The Hall–Kier alpha value is -0.570. The monoisotopic (exact) mass is 280 g/mol. The Labute approximate surface area is 122 Å². The zero-order chi connectivity index (χ0) is 14.9. The summed E-state index contributed by atoms with van der Waals surface area (Å²) in [6.45, 7) is 10.4. The summed E-state index contributed by atoms with van der Waals surface area (Å²) in [5, 5.41) is 11.6. The molecule has 0 saturated heterocycles. The number of rotatable bonds is 1. The predicted molar refractivity (Wildman–Crippen MR) is 77.0 cm³/mol. The van der Waals surface area contributed by atoms with Crippen molar-refractivity contribution in [3.05, 3.63) is 0 Å². The van der Waals surface area contributed by atoms with Crippen LogP contribution in [0.1, 0.15) is 60.3 Å². The third-order valence-corrected chi connectivity index (χ3v) is 7.41. The summed E-state index contributed by atoms with van der Waals surface area (Å²) in [5.74, 6) is 1.32. The third kappa shape index (κ3) is 1.43. The van der Waals surface area contributed by atoms with Gasteiger partial charge in [0.15, 0.2) is 0 Å². The Morgan fingerprint density at radius 2 is 1.90 bits per heavy atom. The van der Waals surface area contributed by atoms with Crippen LogP contribution in [0.3, 0.4) is 0 Å². The van der Waals surface area contributed by atoms with Gasteiger partial charge in [0, 0.05) is 12.3 Å². The molecule has 0 amide bonds. The fourth-order valence-electron chi connectivity index (χ4n) is 6.01. The SMILES string of the molecule is CC(=O)O[C@@H]1C[C@@H]2C[C@H]3[C@@H](C)CC[C@@](O)(C2(C)C)[C@@]13C. The zero-order valence-electron chi connectivity index (χ0n) is 13.4. The highest BCUT2D eigenvalue weighted by atomic mass is 16.5. The van der Waals surface area contributed by atoms with Gasteiger partial charge in [-0.15, -0.1) is 0 Å². The molecule has 0 aromatic heterocycles. The van der Waals surface area contributed by atoms with Gasteiger partial charge in [-0.1, -0.05) is 27.7 Å². The molecule has 4 bridgehead atoms. The van der Waals surface area contributed by atoms with Crippen molar-refractivity contribution in [1.82, 2.24) is 0 Å². The summed E-state index contributed by atoms with van der Waals surface area (Å²) in [6.07, 6.45) is 3.88. The van der Waals surface area contributed by atoms with E-state index in [-0.39, 0.29) is 22.9 Å². The Bertz CT molecular complexity index is 444. The van der Waals surface area contributed by atoms with Crippen LogP contribution in [0.2, 0.25) is 0 Å². The van der Waals surface area contributed by atoms with Crippen molar-refractivity contribution in [3.8, 4) is 0 Å². The molecular weight excluding hydrogens is 252 g/mol. The lowest BCUT2D eigenvalue weighted by Gasteiger charge is -2.73. The van der Waals surface area contributed by atoms with Crippen LogP contribution in [-0.2, 0) is 9.53 Å². The van der Waals surface area contributed by atoms with Crippen LogP contribution in [0.4, 0.5) is 0 Å². The fraction of sp³-hybridized carbons (Fsp3) is 0.941. The lowest BCUT2D eigenvalue weighted by atomic mass is 9.34. The van der Waals surface area contributed by atoms with E-state index in [1.165, 1.54) is 13.3 Å². The maximum absolute atomic E-state index is 11.6. The number of esters is 1. The minimum absolute atomic E-state index is 0.0883. The minimum Gasteiger partial charge on any atom is -0.462 e. The molecule has 0 heterocycles. The summed E-state index contributed by atoms with van der Waals surface area (Å²) in [7, 11) is 0. The van der Waals surface area contributed by atoms with Crippen molar-refractivity contribution in [2.24, 2.45) is 28.6 Å². The number of ether oxygens (including phenoxy) is 1. The Balaban J connectivity index is 2.10. The standard InChI is InChI=1S/C17H28O3/c1-10-6-7-17(19)15(3,4)12-8-13(10)16(17,5)14(9-12)20-11(2)18/h10,12-14,19H,6-9H2,1-5H3/t10-,12-,13-,14+,16+,17+/m0/s1. The summed E-state index contributed by atoms with van der Waals surface area (Å²) in [5.41, 5.74) is -1.10. The third-order valence-electron chi connectivity index (χ3n) is 7.41. The van der Waals surface area contributed by atoms with Gasteiger partial charge in [-0.3, -0.25) is 4.79 Å². The van der Waals surface area contributed by atoms with Crippen molar-refractivity contribution in [1.29, 1.82) is 0 Å². The highest BCUT2D eigenvalue weighted by molar-refractivity contribution is 5.66. The predicted octanol–water partition coefficient (Wildman–Crippen LogP) is 3.15. The highest BCUT2D eigenvalue weighted by Gasteiger charge is 2.74. The van der Waals surface area contributed by atoms with Gasteiger partial charge in [0.05, 0.1) is 5.60 Å². The summed E-state index contributed by atoms with van der Waals surface area (Å²) in [4.78, 5) is 11.5. The molecule has 6 atom stereocenters. The number of aliphatic hydroxyl groups is 1. The first-order valence-corrected chi connectivity index (χ1v) is 8.04. The molecule has 1 N–H and O–H groups in total.